The third-order valence-electron chi connectivity index (χ3n) is 2.32. The summed E-state index contributed by atoms with van der Waals surface area (Å²) in [7, 11) is 0. The van der Waals surface area contributed by atoms with E-state index in [4.69, 9.17) is 5.73 Å². The zero-order valence-corrected chi connectivity index (χ0v) is 9.84. The van der Waals surface area contributed by atoms with Crippen LogP contribution in [0.2, 0.25) is 0 Å². The Morgan fingerprint density at radius 2 is 1.74 bits per heavy atom. The number of hydrogen-bond donors (Lipinski definition) is 1. The summed E-state index contributed by atoms with van der Waals surface area (Å²) in [6.45, 7) is 0. The first-order chi connectivity index (χ1) is 9.16. The predicted molar refractivity (Wildman–Crippen MR) is 65.5 cm³/mol. The summed E-state index contributed by atoms with van der Waals surface area (Å²) in [6.07, 6.45) is 3.33. The van der Waals surface area contributed by atoms with Crippen LogP contribution >= 0.6 is 0 Å². The number of oxime groups is 1. The Balaban J connectivity index is 2.06. The molecule has 0 spiro atoms. The zero-order chi connectivity index (χ0) is 13.7. The van der Waals surface area contributed by atoms with Gasteiger partial charge in [-0.25, -0.2) is 14.2 Å². The van der Waals surface area contributed by atoms with E-state index in [-0.39, 0.29) is 11.4 Å². The number of carbonyl (C=O) groups excluding carboxylic acids is 1. The standard InChI is InChI=1S/C13H10FN3O2/c14-11-3-1-10(2-4-11)13(18)19-17-12(15)9-5-7-16-8-6-9/h1-8H,(H2,15,17)/p+1. The van der Waals surface area contributed by atoms with Crippen LogP contribution in [-0.2, 0) is 4.84 Å². The van der Waals surface area contributed by atoms with Crippen molar-refractivity contribution in [3.05, 3.63) is 65.7 Å². The van der Waals surface area contributed by atoms with Crippen molar-refractivity contribution in [2.75, 3.05) is 0 Å². The molecule has 1 heterocycles. The van der Waals surface area contributed by atoms with Crippen LogP contribution in [0.15, 0.2) is 53.9 Å². The number of rotatable bonds is 3. The van der Waals surface area contributed by atoms with E-state index in [9.17, 15) is 9.18 Å². The Hall–Kier alpha value is -2.76. The van der Waals surface area contributed by atoms with Gasteiger partial charge in [-0.15, -0.1) is 0 Å². The number of benzene rings is 1. The van der Waals surface area contributed by atoms with Crippen LogP contribution in [0.5, 0.6) is 0 Å². The fourth-order valence-electron chi connectivity index (χ4n) is 1.34. The summed E-state index contributed by atoms with van der Waals surface area (Å²) in [4.78, 5) is 19.1. The summed E-state index contributed by atoms with van der Waals surface area (Å²) in [5.41, 5.74) is 6.45. The van der Waals surface area contributed by atoms with Gasteiger partial charge in [0.25, 0.3) is 0 Å². The SMILES string of the molecule is NC(=NOC(=O)c1ccc(F)cc1)c1cc[nH+]cc1. The molecular weight excluding hydrogens is 249 g/mol. The predicted octanol–water partition coefficient (Wildman–Crippen LogP) is 1.12. The first kappa shape index (κ1) is 12.7. The minimum absolute atomic E-state index is 0.0736. The first-order valence-electron chi connectivity index (χ1n) is 5.43. The van der Waals surface area contributed by atoms with E-state index in [0.717, 1.165) is 12.1 Å². The molecule has 0 atom stereocenters. The second-order valence-electron chi connectivity index (χ2n) is 3.65. The van der Waals surface area contributed by atoms with Crippen LogP contribution in [0, 0.1) is 5.82 Å². The number of pyridine rings is 1. The van der Waals surface area contributed by atoms with Crippen LogP contribution < -0.4 is 10.7 Å². The van der Waals surface area contributed by atoms with Crippen molar-refractivity contribution in [2.24, 2.45) is 10.9 Å². The van der Waals surface area contributed by atoms with Crippen molar-refractivity contribution in [1.29, 1.82) is 0 Å². The molecule has 5 nitrogen and oxygen atoms in total. The fraction of sp³-hybridized carbons (Fsp3) is 0. The third-order valence-corrected chi connectivity index (χ3v) is 2.32. The molecule has 0 bridgehead atoms. The molecule has 6 heteroatoms. The van der Waals surface area contributed by atoms with Gasteiger partial charge in [-0.1, -0.05) is 5.16 Å². The zero-order valence-electron chi connectivity index (χ0n) is 9.84. The number of carbonyl (C=O) groups is 1. The van der Waals surface area contributed by atoms with Crippen LogP contribution in [-0.4, -0.2) is 11.8 Å². The van der Waals surface area contributed by atoms with Crippen molar-refractivity contribution in [3.8, 4) is 0 Å². The van der Waals surface area contributed by atoms with Gasteiger partial charge in [-0.2, -0.15) is 0 Å². The Labute approximate surface area is 108 Å². The van der Waals surface area contributed by atoms with Crippen LogP contribution in [0.4, 0.5) is 4.39 Å². The normalized spacial score (nSPS) is 11.1. The molecule has 0 fully saturated rings. The highest BCUT2D eigenvalue weighted by Gasteiger charge is 2.08. The maximum Gasteiger partial charge on any atom is 0.365 e. The molecule has 0 radical (unpaired) electrons. The van der Waals surface area contributed by atoms with Gasteiger partial charge < -0.3 is 10.6 Å². The lowest BCUT2D eigenvalue weighted by atomic mass is 10.2. The highest BCUT2D eigenvalue weighted by atomic mass is 19.1. The Morgan fingerprint density at radius 1 is 1.11 bits per heavy atom. The number of aromatic amines is 1. The van der Waals surface area contributed by atoms with E-state index in [1.54, 1.807) is 24.5 Å². The Bertz CT molecular complexity index is 597. The minimum Gasteiger partial charge on any atom is -0.380 e. The second-order valence-corrected chi connectivity index (χ2v) is 3.65. The molecule has 0 aliphatic rings. The summed E-state index contributed by atoms with van der Waals surface area (Å²) in [5.74, 6) is -1.06. The molecule has 2 rings (SSSR count). The highest BCUT2D eigenvalue weighted by molar-refractivity contribution is 5.97. The highest BCUT2D eigenvalue weighted by Crippen LogP contribution is 2.05. The lowest BCUT2D eigenvalue weighted by Gasteiger charge is -2.00. The van der Waals surface area contributed by atoms with Crippen LogP contribution in [0.3, 0.4) is 0 Å². The van der Waals surface area contributed by atoms with Gasteiger partial charge in [0.05, 0.1) is 5.56 Å². The van der Waals surface area contributed by atoms with E-state index in [2.05, 4.69) is 15.0 Å². The summed E-state index contributed by atoms with van der Waals surface area (Å²) < 4.78 is 12.7. The van der Waals surface area contributed by atoms with Crippen molar-refractivity contribution < 1.29 is 19.0 Å². The molecule has 0 aliphatic heterocycles. The topological polar surface area (TPSA) is 78.8 Å². The molecule has 0 aliphatic carbocycles. The second kappa shape index (κ2) is 5.72. The van der Waals surface area contributed by atoms with Gasteiger partial charge in [0.2, 0.25) is 0 Å². The van der Waals surface area contributed by atoms with Crippen molar-refractivity contribution in [2.45, 2.75) is 0 Å². The molecule has 0 saturated carbocycles. The number of amidine groups is 1. The third kappa shape index (κ3) is 3.35. The molecule has 1 aromatic heterocycles. The molecule has 2 aromatic rings. The fourth-order valence-corrected chi connectivity index (χ4v) is 1.34. The number of nitrogens with one attached hydrogen (secondary N) is 1. The quantitative estimate of drug-likeness (QED) is 0.388. The van der Waals surface area contributed by atoms with Crippen LogP contribution in [0.1, 0.15) is 15.9 Å². The number of nitrogens with two attached hydrogens (primary N) is 1. The van der Waals surface area contributed by atoms with E-state index < -0.39 is 11.8 Å². The van der Waals surface area contributed by atoms with Crippen molar-refractivity contribution >= 4 is 11.8 Å². The summed E-state index contributed by atoms with van der Waals surface area (Å²) in [6, 6.07) is 8.31. The van der Waals surface area contributed by atoms with Crippen molar-refractivity contribution in [1.82, 2.24) is 0 Å². The van der Waals surface area contributed by atoms with Gasteiger partial charge in [-0.3, -0.25) is 0 Å². The largest absolute Gasteiger partial charge is 0.380 e. The van der Waals surface area contributed by atoms with Crippen LogP contribution in [0.25, 0.3) is 0 Å². The van der Waals surface area contributed by atoms with E-state index >= 15 is 0 Å². The number of hydrogen-bond acceptors (Lipinski definition) is 3. The monoisotopic (exact) mass is 260 g/mol. The maximum absolute atomic E-state index is 12.7. The number of H-pyrrole nitrogens is 1. The Kier molecular flexibility index (Phi) is 3.82. The maximum atomic E-state index is 12.7. The summed E-state index contributed by atoms with van der Waals surface area (Å²) in [5, 5.41) is 3.53. The van der Waals surface area contributed by atoms with Gasteiger partial charge in [0, 0.05) is 17.7 Å². The minimum atomic E-state index is -0.703. The van der Waals surface area contributed by atoms with Gasteiger partial charge in [0.15, 0.2) is 18.2 Å². The Morgan fingerprint density at radius 3 is 2.37 bits per heavy atom. The van der Waals surface area contributed by atoms with E-state index in [1.807, 2.05) is 0 Å². The number of halogens is 1. The van der Waals surface area contributed by atoms with Crippen molar-refractivity contribution in [3.63, 3.8) is 0 Å². The smallest absolute Gasteiger partial charge is 0.365 e. The summed E-state index contributed by atoms with van der Waals surface area (Å²) >= 11 is 0. The van der Waals surface area contributed by atoms with E-state index in [0.29, 0.717) is 5.56 Å². The molecule has 0 saturated heterocycles. The molecule has 96 valence electrons. The van der Waals surface area contributed by atoms with Gasteiger partial charge in [0.1, 0.15) is 5.82 Å². The van der Waals surface area contributed by atoms with Gasteiger partial charge >= 0.3 is 5.97 Å². The lowest BCUT2D eigenvalue weighted by molar-refractivity contribution is -0.378. The molecule has 0 amide bonds. The lowest BCUT2D eigenvalue weighted by Crippen LogP contribution is -2.16. The molecule has 0 unspecified atom stereocenters. The first-order valence-corrected chi connectivity index (χ1v) is 5.43. The molecule has 1 aromatic carbocycles. The van der Waals surface area contributed by atoms with E-state index in [1.165, 1.54) is 12.1 Å². The average molecular weight is 260 g/mol. The van der Waals surface area contributed by atoms with Gasteiger partial charge in [-0.05, 0) is 24.3 Å². The number of nitrogens with zero attached hydrogens (tertiary/aromatic N) is 1. The number of aromatic nitrogens is 1. The molecule has 19 heavy (non-hydrogen) atoms. The molecule has 3 N–H and O–H groups in total. The molecular formula is C13H11FN3O2+. The average Bonchev–Trinajstić information content (AvgIpc) is 2.46.